The van der Waals surface area contributed by atoms with Crippen LogP contribution >= 0.6 is 11.3 Å². The number of halogens is 3. The molecule has 0 radical (unpaired) electrons. The number of esters is 1. The van der Waals surface area contributed by atoms with Crippen LogP contribution < -0.4 is 5.32 Å². The number of methoxy groups -OCH3 is 1. The highest BCUT2D eigenvalue weighted by molar-refractivity contribution is 7.20. The van der Waals surface area contributed by atoms with Crippen molar-refractivity contribution in [3.05, 3.63) is 23.0 Å². The van der Waals surface area contributed by atoms with Crippen LogP contribution in [0.4, 0.5) is 19.0 Å². The molecule has 4 aromatic rings. The van der Waals surface area contributed by atoms with Crippen LogP contribution in [0, 0.1) is 6.92 Å². The van der Waals surface area contributed by atoms with Gasteiger partial charge < -0.3 is 10.1 Å². The van der Waals surface area contributed by atoms with Gasteiger partial charge in [0.1, 0.15) is 21.9 Å². The van der Waals surface area contributed by atoms with Crippen molar-refractivity contribution in [2.75, 3.05) is 12.4 Å². The van der Waals surface area contributed by atoms with E-state index in [9.17, 15) is 18.0 Å². The predicted molar refractivity (Wildman–Crippen MR) is 106 cm³/mol. The van der Waals surface area contributed by atoms with E-state index in [0.717, 1.165) is 4.68 Å². The number of ether oxygens (including phenoxy) is 1. The molecule has 5 heterocycles. The van der Waals surface area contributed by atoms with E-state index >= 15 is 0 Å². The molecule has 0 aliphatic carbocycles. The highest BCUT2D eigenvalue weighted by Crippen LogP contribution is 2.42. The minimum absolute atomic E-state index is 0.120. The number of nitrogens with zero attached hydrogens (tertiary/aromatic N) is 6. The van der Waals surface area contributed by atoms with E-state index in [1.165, 1.54) is 35.5 Å². The molecule has 0 spiro atoms. The lowest BCUT2D eigenvalue weighted by Crippen LogP contribution is -2.38. The lowest BCUT2D eigenvalue weighted by atomic mass is 10.1. The summed E-state index contributed by atoms with van der Waals surface area (Å²) in [6.07, 6.45) is -1.76. The summed E-state index contributed by atoms with van der Waals surface area (Å²) in [5.74, 6) is -0.0396. The first-order valence-electron chi connectivity index (χ1n) is 9.33. The molecule has 2 unspecified atom stereocenters. The first-order chi connectivity index (χ1) is 14.7. The second-order valence-electron chi connectivity index (χ2n) is 7.37. The maximum absolute atomic E-state index is 13.5. The van der Waals surface area contributed by atoms with Crippen LogP contribution in [-0.4, -0.2) is 54.7 Å². The molecule has 31 heavy (non-hydrogen) atoms. The Kier molecular flexibility index (Phi) is 4.22. The number of rotatable bonds is 2. The number of hydrogen-bond donors (Lipinski definition) is 1. The van der Waals surface area contributed by atoms with Crippen LogP contribution in [0.25, 0.3) is 27.3 Å². The van der Waals surface area contributed by atoms with Crippen LogP contribution in [0.3, 0.4) is 0 Å². The molecule has 5 rings (SSSR count). The molecular weight excluding hydrogens is 435 g/mol. The minimum Gasteiger partial charge on any atom is -0.465 e. The maximum Gasteiger partial charge on any atom is 0.410 e. The van der Waals surface area contributed by atoms with Gasteiger partial charge in [-0.15, -0.1) is 16.4 Å². The third-order valence-electron chi connectivity index (χ3n) is 5.31. The summed E-state index contributed by atoms with van der Waals surface area (Å²) in [7, 11) is 1.30. The van der Waals surface area contributed by atoms with Gasteiger partial charge in [-0.25, -0.2) is 24.0 Å². The number of carbonyl (C=O) groups excluding carboxylic acids is 1. The summed E-state index contributed by atoms with van der Waals surface area (Å²) < 4.78 is 47.8. The average Bonchev–Trinajstić information content (AvgIpc) is 3.40. The molecule has 1 aliphatic rings. The number of aromatic nitrogens is 6. The number of nitrogens with one attached hydrogen (secondary N) is 1. The average molecular weight is 451 g/mol. The fourth-order valence-corrected chi connectivity index (χ4v) is 4.90. The van der Waals surface area contributed by atoms with Crippen molar-refractivity contribution < 1.29 is 22.7 Å². The van der Waals surface area contributed by atoms with E-state index < -0.39 is 24.2 Å². The van der Waals surface area contributed by atoms with Gasteiger partial charge in [-0.2, -0.15) is 18.3 Å². The minimum atomic E-state index is -4.42. The predicted octanol–water partition coefficient (Wildman–Crippen LogP) is 3.61. The monoisotopic (exact) mass is 451 g/mol. The smallest absolute Gasteiger partial charge is 0.410 e. The van der Waals surface area contributed by atoms with Crippen molar-refractivity contribution in [2.24, 2.45) is 0 Å². The Morgan fingerprint density at radius 2 is 2.16 bits per heavy atom. The number of carbonyl (C=O) groups is 1. The normalized spacial score (nSPS) is 18.9. The Morgan fingerprint density at radius 1 is 1.39 bits per heavy atom. The second-order valence-corrected chi connectivity index (χ2v) is 8.37. The standard InChI is InChI=1S/C18H16F3N7O2S/c1-7-4-10(18(19,20)21)28-14(24-7)9(5-23-28)13-25-15-11-8(2)12(17(29)30-3)31-16(11)22-6-27(15)26-13/h5-7,10,24H,4H2,1-3H3. The largest absolute Gasteiger partial charge is 0.465 e. The SMILES string of the molecule is COC(=O)c1sc2ncn3nc(-c4cnn5c4NC(C)CC5C(F)(F)F)nc3c2c1C. The van der Waals surface area contributed by atoms with Gasteiger partial charge in [0.25, 0.3) is 0 Å². The summed E-state index contributed by atoms with van der Waals surface area (Å²) in [6.45, 7) is 3.45. The van der Waals surface area contributed by atoms with E-state index in [4.69, 9.17) is 4.74 Å². The molecule has 0 bridgehead atoms. The highest BCUT2D eigenvalue weighted by Gasteiger charge is 2.46. The van der Waals surface area contributed by atoms with Crippen molar-refractivity contribution in [1.82, 2.24) is 29.4 Å². The Morgan fingerprint density at radius 3 is 2.87 bits per heavy atom. The second kappa shape index (κ2) is 6.64. The molecule has 13 heteroatoms. The number of anilines is 1. The van der Waals surface area contributed by atoms with Crippen molar-refractivity contribution >= 4 is 39.0 Å². The van der Waals surface area contributed by atoms with Crippen LogP contribution in [0.2, 0.25) is 0 Å². The summed E-state index contributed by atoms with van der Waals surface area (Å²) in [5, 5.41) is 12.1. The molecule has 1 N–H and O–H groups in total. The molecule has 0 aromatic carbocycles. The Bertz CT molecular complexity index is 1340. The van der Waals surface area contributed by atoms with E-state index in [1.54, 1.807) is 13.8 Å². The molecule has 0 saturated heterocycles. The molecule has 1 aliphatic heterocycles. The first kappa shape index (κ1) is 19.7. The van der Waals surface area contributed by atoms with E-state index in [2.05, 4.69) is 25.5 Å². The summed E-state index contributed by atoms with van der Waals surface area (Å²) in [5.41, 5.74) is 1.46. The summed E-state index contributed by atoms with van der Waals surface area (Å²) in [6, 6.07) is -2.12. The fraction of sp³-hybridized carbons (Fsp3) is 0.389. The molecule has 0 saturated carbocycles. The van der Waals surface area contributed by atoms with Gasteiger partial charge in [0.05, 0.1) is 24.3 Å². The number of thiophene rings is 1. The molecule has 9 nitrogen and oxygen atoms in total. The van der Waals surface area contributed by atoms with E-state index in [0.29, 0.717) is 31.9 Å². The van der Waals surface area contributed by atoms with Gasteiger partial charge in [-0.3, -0.25) is 0 Å². The molecule has 0 fully saturated rings. The van der Waals surface area contributed by atoms with Crippen LogP contribution in [0.5, 0.6) is 0 Å². The quantitative estimate of drug-likeness (QED) is 0.465. The molecule has 2 atom stereocenters. The van der Waals surface area contributed by atoms with E-state index in [1.807, 2.05) is 0 Å². The zero-order valence-electron chi connectivity index (χ0n) is 16.6. The molecule has 162 valence electrons. The highest BCUT2D eigenvalue weighted by atomic mass is 32.1. The maximum atomic E-state index is 13.5. The third kappa shape index (κ3) is 2.94. The number of aryl methyl sites for hydroxylation is 1. The summed E-state index contributed by atoms with van der Waals surface area (Å²) >= 11 is 1.18. The van der Waals surface area contributed by atoms with Gasteiger partial charge in [-0.05, 0) is 25.8 Å². The Labute approximate surface area is 176 Å². The van der Waals surface area contributed by atoms with Crippen molar-refractivity contribution in [2.45, 2.75) is 38.5 Å². The zero-order chi connectivity index (χ0) is 22.1. The zero-order valence-corrected chi connectivity index (χ0v) is 17.4. The van der Waals surface area contributed by atoms with E-state index in [-0.39, 0.29) is 18.1 Å². The summed E-state index contributed by atoms with van der Waals surface area (Å²) in [4.78, 5) is 21.9. The van der Waals surface area contributed by atoms with Gasteiger partial charge in [0, 0.05) is 6.04 Å². The van der Waals surface area contributed by atoms with Gasteiger partial charge in [-0.1, -0.05) is 0 Å². The Hall–Kier alpha value is -3.22. The van der Waals surface area contributed by atoms with Crippen molar-refractivity contribution in [3.8, 4) is 11.4 Å². The lowest BCUT2D eigenvalue weighted by Gasteiger charge is -2.31. The van der Waals surface area contributed by atoms with Crippen LogP contribution in [0.15, 0.2) is 12.5 Å². The van der Waals surface area contributed by atoms with Gasteiger partial charge >= 0.3 is 12.1 Å². The van der Waals surface area contributed by atoms with Gasteiger partial charge in [0.15, 0.2) is 17.5 Å². The van der Waals surface area contributed by atoms with Crippen LogP contribution in [-0.2, 0) is 4.74 Å². The van der Waals surface area contributed by atoms with Crippen LogP contribution in [0.1, 0.15) is 34.6 Å². The number of hydrogen-bond acceptors (Lipinski definition) is 8. The number of alkyl halides is 3. The Balaban J connectivity index is 1.68. The fourth-order valence-electron chi connectivity index (χ4n) is 3.84. The third-order valence-corrected chi connectivity index (χ3v) is 6.49. The van der Waals surface area contributed by atoms with Gasteiger partial charge in [0.2, 0.25) is 0 Å². The first-order valence-corrected chi connectivity index (χ1v) is 10.1. The molecule has 4 aromatic heterocycles. The number of fused-ring (bicyclic) bond motifs is 4. The van der Waals surface area contributed by atoms with Crippen molar-refractivity contribution in [1.29, 1.82) is 0 Å². The lowest BCUT2D eigenvalue weighted by molar-refractivity contribution is -0.173. The molecular formula is C18H16F3N7O2S. The molecule has 0 amide bonds. The topological polar surface area (TPSA) is 99.2 Å². The van der Waals surface area contributed by atoms with Crippen molar-refractivity contribution in [3.63, 3.8) is 0 Å².